The molecule has 5 N–H and O–H groups in total. The van der Waals surface area contributed by atoms with Crippen molar-refractivity contribution >= 4 is 17.7 Å². The Morgan fingerprint density at radius 2 is 1.00 bits per heavy atom. The summed E-state index contributed by atoms with van der Waals surface area (Å²) >= 11 is 0. The smallest absolute Gasteiger partial charge is 0.402 e. The van der Waals surface area contributed by atoms with Gasteiger partial charge in [-0.05, 0) is 0 Å². The Morgan fingerprint density at radius 1 is 1.00 bits per heavy atom. The standard InChI is InChI=1S/BH3O3.Ni.H2O4S/c2-1(3)4;;1-5(2,3)4/h2-4H;;(H2,1,2,3,4). The van der Waals surface area contributed by atoms with Crippen LogP contribution in [-0.4, -0.2) is 39.9 Å². The normalized spacial score (nSPS) is 8.50. The van der Waals surface area contributed by atoms with Gasteiger partial charge in [0.1, 0.15) is 0 Å². The molecule has 0 aliphatic carbocycles. The molecule has 0 aromatic carbocycles. The molecule has 10 heavy (non-hydrogen) atoms. The molecule has 0 fully saturated rings. The number of hydrogen-bond acceptors (Lipinski definition) is 5. The SMILES string of the molecule is O=S(=O)(O)O.OB(O)O.[Ni]. The summed E-state index contributed by atoms with van der Waals surface area (Å²) < 4.78 is 31.6. The summed E-state index contributed by atoms with van der Waals surface area (Å²) in [6, 6.07) is 0. The third-order valence-corrected chi connectivity index (χ3v) is 0. The van der Waals surface area contributed by atoms with Gasteiger partial charge in [-0.1, -0.05) is 0 Å². The minimum Gasteiger partial charge on any atom is -0.402 e. The predicted octanol–water partition coefficient (Wildman–Crippen LogP) is -2.71. The zero-order valence-corrected chi connectivity index (χ0v) is 6.16. The third-order valence-electron chi connectivity index (χ3n) is 0. The van der Waals surface area contributed by atoms with Crippen molar-refractivity contribution in [3.05, 3.63) is 0 Å². The van der Waals surface area contributed by atoms with Crippen LogP contribution in [0, 0.1) is 0 Å². The quantitative estimate of drug-likeness (QED) is 0.220. The Morgan fingerprint density at radius 3 is 1.00 bits per heavy atom. The van der Waals surface area contributed by atoms with Crippen molar-refractivity contribution < 1.29 is 49.1 Å². The van der Waals surface area contributed by atoms with E-state index in [1.165, 1.54) is 0 Å². The van der Waals surface area contributed by atoms with E-state index < -0.39 is 17.7 Å². The molecule has 0 heterocycles. The molecule has 0 spiro atoms. The molecular formula is H5BNiO7S. The maximum absolute atomic E-state index is 8.74. The van der Waals surface area contributed by atoms with Crippen molar-refractivity contribution in [2.24, 2.45) is 0 Å². The summed E-state index contributed by atoms with van der Waals surface area (Å²) in [6.07, 6.45) is 0. The monoisotopic (exact) mass is 218 g/mol. The molecule has 0 amide bonds. The first kappa shape index (κ1) is 16.7. The van der Waals surface area contributed by atoms with E-state index in [4.69, 9.17) is 32.6 Å². The number of hydrogen-bond donors (Lipinski definition) is 5. The zero-order valence-electron chi connectivity index (χ0n) is 4.35. The van der Waals surface area contributed by atoms with Crippen LogP contribution in [0.2, 0.25) is 0 Å². The van der Waals surface area contributed by atoms with E-state index in [1.807, 2.05) is 0 Å². The Kier molecular flexibility index (Phi) is 12.4. The number of rotatable bonds is 0. The minimum absolute atomic E-state index is 0. The van der Waals surface area contributed by atoms with Gasteiger partial charge in [0.15, 0.2) is 0 Å². The summed E-state index contributed by atoms with van der Waals surface area (Å²) in [5.41, 5.74) is 0. The van der Waals surface area contributed by atoms with Gasteiger partial charge in [-0.15, -0.1) is 0 Å². The molecule has 0 bridgehead atoms. The summed E-state index contributed by atoms with van der Waals surface area (Å²) in [5.74, 6) is 0. The molecule has 66 valence electrons. The molecule has 0 unspecified atom stereocenters. The van der Waals surface area contributed by atoms with Crippen LogP contribution in [0.4, 0.5) is 0 Å². The van der Waals surface area contributed by atoms with E-state index in [-0.39, 0.29) is 16.5 Å². The van der Waals surface area contributed by atoms with Crippen molar-refractivity contribution in [1.82, 2.24) is 0 Å². The van der Waals surface area contributed by atoms with Crippen LogP contribution in [0.3, 0.4) is 0 Å². The van der Waals surface area contributed by atoms with Gasteiger partial charge in [-0.3, -0.25) is 9.11 Å². The van der Waals surface area contributed by atoms with Gasteiger partial charge in [-0.25, -0.2) is 0 Å². The Hall–Kier alpha value is 0.308. The van der Waals surface area contributed by atoms with Crippen LogP contribution in [-0.2, 0) is 26.9 Å². The fraction of sp³-hybridized carbons (Fsp3) is 0. The van der Waals surface area contributed by atoms with Crippen molar-refractivity contribution in [2.45, 2.75) is 0 Å². The maximum Gasteiger partial charge on any atom is 0.631 e. The van der Waals surface area contributed by atoms with Crippen LogP contribution in [0.25, 0.3) is 0 Å². The van der Waals surface area contributed by atoms with Crippen molar-refractivity contribution in [1.29, 1.82) is 0 Å². The molecular weight excluding hydrogens is 214 g/mol. The van der Waals surface area contributed by atoms with E-state index in [9.17, 15) is 0 Å². The maximum atomic E-state index is 8.74. The largest absolute Gasteiger partial charge is 0.631 e. The van der Waals surface area contributed by atoms with E-state index in [2.05, 4.69) is 0 Å². The fourth-order valence-electron chi connectivity index (χ4n) is 0. The van der Waals surface area contributed by atoms with Crippen molar-refractivity contribution in [3.8, 4) is 0 Å². The van der Waals surface area contributed by atoms with Crippen LogP contribution >= 0.6 is 0 Å². The topological polar surface area (TPSA) is 135 Å². The Labute approximate surface area is 67.4 Å². The molecule has 0 aromatic rings. The molecule has 0 radical (unpaired) electrons. The average Bonchev–Trinajstić information content (AvgIpc) is 1.19. The Bertz CT molecular complexity index is 125. The molecule has 0 saturated carbocycles. The van der Waals surface area contributed by atoms with Crippen LogP contribution in [0.1, 0.15) is 0 Å². The van der Waals surface area contributed by atoms with Gasteiger partial charge in [0.2, 0.25) is 0 Å². The van der Waals surface area contributed by atoms with Gasteiger partial charge in [-0.2, -0.15) is 8.42 Å². The summed E-state index contributed by atoms with van der Waals surface area (Å²) in [5, 5.41) is 21.5. The first-order valence-electron chi connectivity index (χ1n) is 1.47. The molecule has 0 rings (SSSR count). The van der Waals surface area contributed by atoms with E-state index >= 15 is 0 Å². The zero-order chi connectivity index (χ0) is 8.08. The van der Waals surface area contributed by atoms with Crippen molar-refractivity contribution in [2.75, 3.05) is 0 Å². The van der Waals surface area contributed by atoms with Crippen molar-refractivity contribution in [3.63, 3.8) is 0 Å². The molecule has 10 heteroatoms. The van der Waals surface area contributed by atoms with Gasteiger partial charge in [0, 0.05) is 16.5 Å². The molecule has 0 aliphatic rings. The van der Waals surface area contributed by atoms with Gasteiger partial charge in [0.25, 0.3) is 0 Å². The first-order chi connectivity index (χ1) is 3.73. The van der Waals surface area contributed by atoms with Crippen LogP contribution in [0.5, 0.6) is 0 Å². The summed E-state index contributed by atoms with van der Waals surface area (Å²) in [4.78, 5) is 0. The van der Waals surface area contributed by atoms with E-state index in [0.29, 0.717) is 0 Å². The second-order valence-corrected chi connectivity index (χ2v) is 1.69. The van der Waals surface area contributed by atoms with Gasteiger partial charge >= 0.3 is 17.7 Å². The van der Waals surface area contributed by atoms with Gasteiger partial charge in [0.05, 0.1) is 0 Å². The van der Waals surface area contributed by atoms with Crippen LogP contribution < -0.4 is 0 Å². The fourth-order valence-corrected chi connectivity index (χ4v) is 0. The second kappa shape index (κ2) is 7.42. The Balaban J connectivity index is -0.0000000910. The molecule has 0 saturated heterocycles. The van der Waals surface area contributed by atoms with E-state index in [0.717, 1.165) is 0 Å². The van der Waals surface area contributed by atoms with E-state index in [1.54, 1.807) is 0 Å². The van der Waals surface area contributed by atoms with Gasteiger partial charge < -0.3 is 15.1 Å². The summed E-state index contributed by atoms with van der Waals surface area (Å²) in [6.45, 7) is 0. The molecule has 0 aromatic heterocycles. The average molecular weight is 219 g/mol. The second-order valence-electron chi connectivity index (χ2n) is 0.794. The predicted molar refractivity (Wildman–Crippen MR) is 26.6 cm³/mol. The molecule has 7 nitrogen and oxygen atoms in total. The minimum atomic E-state index is -4.67. The first-order valence-corrected chi connectivity index (χ1v) is 2.87. The summed E-state index contributed by atoms with van der Waals surface area (Å²) in [7, 11) is -6.83. The van der Waals surface area contributed by atoms with Crippen LogP contribution in [0.15, 0.2) is 0 Å². The molecule has 0 atom stereocenters. The molecule has 0 aliphatic heterocycles. The third kappa shape index (κ3) is 4660.